The molecule has 2 unspecified atom stereocenters. The zero-order chi connectivity index (χ0) is 27.2. The number of unbranched alkanes of at least 4 members (excludes halogenated alkanes) is 2. The molecule has 2 aromatic carbocycles. The first-order valence-electron chi connectivity index (χ1n) is 13.2. The third-order valence-electron chi connectivity index (χ3n) is 7.36. The number of methoxy groups -OCH3 is 3. The monoisotopic (exact) mass is 519 g/mol. The second-order valence-corrected chi connectivity index (χ2v) is 9.74. The lowest BCUT2D eigenvalue weighted by Gasteiger charge is -2.37. The Labute approximate surface area is 224 Å². The van der Waals surface area contributed by atoms with Crippen LogP contribution in [0, 0.1) is 0 Å². The van der Waals surface area contributed by atoms with Crippen LogP contribution in [-0.4, -0.2) is 39.7 Å². The molecule has 1 heterocycles. The number of allylic oxidation sites excluding steroid dienone is 3. The third-order valence-corrected chi connectivity index (χ3v) is 7.36. The van der Waals surface area contributed by atoms with Crippen LogP contribution in [0.1, 0.15) is 68.9 Å². The van der Waals surface area contributed by atoms with E-state index in [2.05, 4.69) is 12.2 Å². The number of ketones is 1. The van der Waals surface area contributed by atoms with E-state index >= 15 is 0 Å². The van der Waals surface area contributed by atoms with Crippen molar-refractivity contribution < 1.29 is 28.5 Å². The standard InChI is InChI=1S/C31H37NO6/c1-6-7-8-15-38-31(34)28-19(2)32-25-16-21(20-9-11-22(35-3)12-10-20)17-26(33)30(25)29(28)24-18-23(36-4)13-14-27(24)37-5/h9-14,18,21,29,32H,6-8,15-17H2,1-5H3. The Kier molecular flexibility index (Phi) is 8.77. The molecular formula is C31H37NO6. The predicted octanol–water partition coefficient (Wildman–Crippen LogP) is 5.81. The quantitative estimate of drug-likeness (QED) is 0.313. The zero-order valence-corrected chi connectivity index (χ0v) is 22.9. The first-order valence-corrected chi connectivity index (χ1v) is 13.2. The van der Waals surface area contributed by atoms with E-state index in [1.54, 1.807) is 27.4 Å². The molecule has 7 heteroatoms. The summed E-state index contributed by atoms with van der Waals surface area (Å²) >= 11 is 0. The fourth-order valence-electron chi connectivity index (χ4n) is 5.39. The minimum absolute atomic E-state index is 0.00164. The van der Waals surface area contributed by atoms with Gasteiger partial charge < -0.3 is 24.3 Å². The number of dihydropyridines is 1. The van der Waals surface area contributed by atoms with Crippen LogP contribution in [0.3, 0.4) is 0 Å². The summed E-state index contributed by atoms with van der Waals surface area (Å²) in [7, 11) is 4.81. The largest absolute Gasteiger partial charge is 0.497 e. The fourth-order valence-corrected chi connectivity index (χ4v) is 5.39. The topological polar surface area (TPSA) is 83.1 Å². The number of Topliss-reactive ketones (excluding diaryl/α,β-unsaturated/α-hetero) is 1. The van der Waals surface area contributed by atoms with Crippen LogP contribution < -0.4 is 19.5 Å². The van der Waals surface area contributed by atoms with Gasteiger partial charge in [-0.15, -0.1) is 0 Å². The summed E-state index contributed by atoms with van der Waals surface area (Å²) in [6, 6.07) is 13.3. The predicted molar refractivity (Wildman–Crippen MR) is 146 cm³/mol. The van der Waals surface area contributed by atoms with Crippen LogP contribution in [0.15, 0.2) is 65.0 Å². The smallest absolute Gasteiger partial charge is 0.336 e. The molecule has 2 aliphatic rings. The number of benzene rings is 2. The Morgan fingerprint density at radius 1 is 0.947 bits per heavy atom. The second-order valence-electron chi connectivity index (χ2n) is 9.74. The molecule has 2 aromatic rings. The van der Waals surface area contributed by atoms with Crippen LogP contribution in [0.25, 0.3) is 0 Å². The summed E-state index contributed by atoms with van der Waals surface area (Å²) < 4.78 is 22.2. The molecule has 1 aliphatic heterocycles. The summed E-state index contributed by atoms with van der Waals surface area (Å²) in [5.41, 5.74) is 4.32. The maximum absolute atomic E-state index is 13.9. The van der Waals surface area contributed by atoms with Gasteiger partial charge in [-0.2, -0.15) is 0 Å². The number of nitrogens with one attached hydrogen (secondary N) is 1. The van der Waals surface area contributed by atoms with E-state index in [9.17, 15) is 9.59 Å². The number of rotatable bonds is 10. The van der Waals surface area contributed by atoms with Crippen LogP contribution in [0.5, 0.6) is 17.2 Å². The van der Waals surface area contributed by atoms with Crippen molar-refractivity contribution in [1.29, 1.82) is 0 Å². The second kappa shape index (κ2) is 12.2. The van der Waals surface area contributed by atoms with Crippen molar-refractivity contribution in [2.24, 2.45) is 0 Å². The van der Waals surface area contributed by atoms with Gasteiger partial charge in [-0.05, 0) is 61.6 Å². The van der Waals surface area contributed by atoms with E-state index in [1.165, 1.54) is 0 Å². The van der Waals surface area contributed by atoms with Crippen LogP contribution in [0.4, 0.5) is 0 Å². The number of hydrogen-bond donors (Lipinski definition) is 1. The molecule has 0 spiro atoms. The zero-order valence-electron chi connectivity index (χ0n) is 22.9. The van der Waals surface area contributed by atoms with E-state index in [0.29, 0.717) is 53.4 Å². The lowest BCUT2D eigenvalue weighted by atomic mass is 9.71. The Morgan fingerprint density at radius 3 is 2.32 bits per heavy atom. The first kappa shape index (κ1) is 27.3. The summed E-state index contributed by atoms with van der Waals surface area (Å²) in [4.78, 5) is 27.4. The summed E-state index contributed by atoms with van der Waals surface area (Å²) in [6.45, 7) is 4.31. The van der Waals surface area contributed by atoms with E-state index in [-0.39, 0.29) is 11.7 Å². The Morgan fingerprint density at radius 2 is 1.66 bits per heavy atom. The van der Waals surface area contributed by atoms with Gasteiger partial charge in [0.25, 0.3) is 0 Å². The highest BCUT2D eigenvalue weighted by Crippen LogP contribution is 2.48. The lowest BCUT2D eigenvalue weighted by molar-refractivity contribution is -0.139. The molecule has 0 fully saturated rings. The van der Waals surface area contributed by atoms with Gasteiger partial charge in [0, 0.05) is 29.0 Å². The molecule has 0 bridgehead atoms. The normalized spacial score (nSPS) is 19.0. The maximum Gasteiger partial charge on any atom is 0.336 e. The first-order chi connectivity index (χ1) is 18.4. The highest BCUT2D eigenvalue weighted by Gasteiger charge is 2.42. The Hall–Kier alpha value is -3.74. The molecule has 38 heavy (non-hydrogen) atoms. The van der Waals surface area contributed by atoms with Gasteiger partial charge in [0.1, 0.15) is 17.2 Å². The molecular weight excluding hydrogens is 482 g/mol. The minimum Gasteiger partial charge on any atom is -0.497 e. The molecule has 0 radical (unpaired) electrons. The van der Waals surface area contributed by atoms with Gasteiger partial charge in [-0.3, -0.25) is 4.79 Å². The van der Waals surface area contributed by atoms with E-state index < -0.39 is 11.9 Å². The van der Waals surface area contributed by atoms with Gasteiger partial charge >= 0.3 is 5.97 Å². The molecule has 0 amide bonds. The van der Waals surface area contributed by atoms with Gasteiger partial charge in [0.2, 0.25) is 0 Å². The lowest BCUT2D eigenvalue weighted by Crippen LogP contribution is -2.36. The molecule has 4 rings (SSSR count). The molecule has 7 nitrogen and oxygen atoms in total. The third kappa shape index (κ3) is 5.57. The number of hydrogen-bond acceptors (Lipinski definition) is 7. The number of esters is 1. The average molecular weight is 520 g/mol. The average Bonchev–Trinajstić information content (AvgIpc) is 2.94. The molecule has 0 saturated carbocycles. The van der Waals surface area contributed by atoms with Crippen molar-refractivity contribution in [1.82, 2.24) is 5.32 Å². The molecule has 202 valence electrons. The van der Waals surface area contributed by atoms with Crippen molar-refractivity contribution in [2.75, 3.05) is 27.9 Å². The summed E-state index contributed by atoms with van der Waals surface area (Å²) in [6.07, 6.45) is 3.80. The van der Waals surface area contributed by atoms with Crippen molar-refractivity contribution in [3.8, 4) is 17.2 Å². The van der Waals surface area contributed by atoms with E-state index in [4.69, 9.17) is 18.9 Å². The van der Waals surface area contributed by atoms with Crippen molar-refractivity contribution in [3.05, 3.63) is 76.1 Å². The van der Waals surface area contributed by atoms with Crippen molar-refractivity contribution >= 4 is 11.8 Å². The number of carbonyl (C=O) groups is 2. The highest BCUT2D eigenvalue weighted by atomic mass is 16.5. The molecule has 2 atom stereocenters. The highest BCUT2D eigenvalue weighted by molar-refractivity contribution is 6.04. The van der Waals surface area contributed by atoms with Crippen LogP contribution >= 0.6 is 0 Å². The van der Waals surface area contributed by atoms with Gasteiger partial charge in [0.05, 0.1) is 39.4 Å². The fraction of sp³-hybridized carbons (Fsp3) is 0.419. The van der Waals surface area contributed by atoms with Gasteiger partial charge in [-0.25, -0.2) is 4.79 Å². The Balaban J connectivity index is 1.77. The number of ether oxygens (including phenoxy) is 4. The Bertz CT molecular complexity index is 1240. The maximum atomic E-state index is 13.9. The van der Waals surface area contributed by atoms with Gasteiger partial charge in [0.15, 0.2) is 5.78 Å². The van der Waals surface area contributed by atoms with Crippen LogP contribution in [-0.2, 0) is 14.3 Å². The molecule has 1 N–H and O–H groups in total. The number of carbonyl (C=O) groups excluding carboxylic acids is 2. The summed E-state index contributed by atoms with van der Waals surface area (Å²) in [5, 5.41) is 3.41. The SMILES string of the molecule is CCCCCOC(=O)C1=C(C)NC2=C(C(=O)CC(c3ccc(OC)cc3)C2)C1c1cc(OC)ccc1OC. The van der Waals surface area contributed by atoms with Crippen molar-refractivity contribution in [2.45, 2.75) is 57.8 Å². The molecule has 0 saturated heterocycles. The van der Waals surface area contributed by atoms with E-state index in [0.717, 1.165) is 36.3 Å². The van der Waals surface area contributed by atoms with Gasteiger partial charge in [-0.1, -0.05) is 31.9 Å². The minimum atomic E-state index is -0.626. The van der Waals surface area contributed by atoms with E-state index in [1.807, 2.05) is 43.3 Å². The summed E-state index contributed by atoms with van der Waals surface area (Å²) in [5.74, 6) is 0.948. The molecule has 1 aliphatic carbocycles. The van der Waals surface area contributed by atoms with Crippen molar-refractivity contribution in [3.63, 3.8) is 0 Å². The molecule has 0 aromatic heterocycles. The van der Waals surface area contributed by atoms with Crippen LogP contribution in [0.2, 0.25) is 0 Å².